The fraction of sp³-hybridized carbons (Fsp3) is 0.438. The predicted octanol–water partition coefficient (Wildman–Crippen LogP) is 2.77. The van der Waals surface area contributed by atoms with Crippen molar-refractivity contribution in [2.45, 2.75) is 26.7 Å². The number of aromatic nitrogens is 2. The molecule has 122 valence electrons. The highest BCUT2D eigenvalue weighted by Gasteiger charge is 2.25. The van der Waals surface area contributed by atoms with E-state index < -0.39 is 5.97 Å². The summed E-state index contributed by atoms with van der Waals surface area (Å²) in [6, 6.07) is 1.72. The molecule has 6 nitrogen and oxygen atoms in total. The molecule has 0 spiro atoms. The second-order valence-electron chi connectivity index (χ2n) is 5.45. The van der Waals surface area contributed by atoms with E-state index in [9.17, 15) is 9.59 Å². The molecule has 1 saturated carbocycles. The minimum atomic E-state index is -0.415. The molecule has 0 saturated heterocycles. The van der Waals surface area contributed by atoms with Gasteiger partial charge in [-0.05, 0) is 38.7 Å². The quantitative estimate of drug-likeness (QED) is 0.822. The smallest absolute Gasteiger partial charge is 0.350 e. The van der Waals surface area contributed by atoms with Crippen LogP contribution in [0.2, 0.25) is 0 Å². The Hall–Kier alpha value is -2.15. The number of hydrogen-bond acceptors (Lipinski definition) is 6. The molecule has 2 aromatic heterocycles. The standard InChI is InChI=1S/C16H18N2O4S/c1-3-21-16(20)13-9(2)18-15(23-13)12-11(6-7-17-14(12)19)22-8-10-4-5-10/h6-7,10H,3-5,8H2,1-2H3,(H,17,19). The first-order valence-corrected chi connectivity index (χ1v) is 8.41. The van der Waals surface area contributed by atoms with Crippen molar-refractivity contribution in [1.82, 2.24) is 9.97 Å². The van der Waals surface area contributed by atoms with E-state index in [1.807, 2.05) is 0 Å². The van der Waals surface area contributed by atoms with Gasteiger partial charge < -0.3 is 14.5 Å². The molecule has 0 radical (unpaired) electrons. The summed E-state index contributed by atoms with van der Waals surface area (Å²) in [6.45, 7) is 4.38. The van der Waals surface area contributed by atoms with E-state index in [1.165, 1.54) is 12.8 Å². The number of ether oxygens (including phenoxy) is 2. The van der Waals surface area contributed by atoms with Crippen LogP contribution in [0.5, 0.6) is 5.75 Å². The molecule has 23 heavy (non-hydrogen) atoms. The molecule has 2 heterocycles. The average molecular weight is 334 g/mol. The average Bonchev–Trinajstić information content (AvgIpc) is 3.27. The number of aromatic amines is 1. The molecule has 0 amide bonds. The molecule has 7 heteroatoms. The highest BCUT2D eigenvalue weighted by molar-refractivity contribution is 7.17. The number of carbonyl (C=O) groups is 1. The van der Waals surface area contributed by atoms with Gasteiger partial charge in [-0.2, -0.15) is 0 Å². The van der Waals surface area contributed by atoms with Gasteiger partial charge in [-0.1, -0.05) is 0 Å². The van der Waals surface area contributed by atoms with Crippen molar-refractivity contribution in [3.8, 4) is 16.3 Å². The van der Waals surface area contributed by atoms with E-state index in [2.05, 4.69) is 9.97 Å². The van der Waals surface area contributed by atoms with Gasteiger partial charge >= 0.3 is 5.97 Å². The largest absolute Gasteiger partial charge is 0.492 e. The lowest BCUT2D eigenvalue weighted by Crippen LogP contribution is -2.11. The second-order valence-corrected chi connectivity index (χ2v) is 6.45. The zero-order valence-electron chi connectivity index (χ0n) is 13.0. The van der Waals surface area contributed by atoms with Crippen LogP contribution in [0.4, 0.5) is 0 Å². The van der Waals surface area contributed by atoms with E-state index in [4.69, 9.17) is 9.47 Å². The number of hydrogen-bond donors (Lipinski definition) is 1. The van der Waals surface area contributed by atoms with Crippen LogP contribution < -0.4 is 10.3 Å². The Morgan fingerprint density at radius 3 is 2.96 bits per heavy atom. The lowest BCUT2D eigenvalue weighted by molar-refractivity contribution is 0.0531. The Morgan fingerprint density at radius 1 is 1.48 bits per heavy atom. The molecule has 1 aliphatic carbocycles. The van der Waals surface area contributed by atoms with Crippen molar-refractivity contribution in [1.29, 1.82) is 0 Å². The fourth-order valence-corrected chi connectivity index (χ4v) is 3.17. The van der Waals surface area contributed by atoms with Crippen LogP contribution in [-0.4, -0.2) is 29.2 Å². The molecule has 0 atom stereocenters. The molecule has 3 rings (SSSR count). The highest BCUT2D eigenvalue weighted by Crippen LogP contribution is 2.34. The topological polar surface area (TPSA) is 81.3 Å². The van der Waals surface area contributed by atoms with Gasteiger partial charge in [0.1, 0.15) is 21.2 Å². The molecule has 0 unspecified atom stereocenters. The molecular weight excluding hydrogens is 316 g/mol. The Morgan fingerprint density at radius 2 is 2.26 bits per heavy atom. The maximum Gasteiger partial charge on any atom is 0.350 e. The number of nitrogens with zero attached hydrogens (tertiary/aromatic N) is 1. The zero-order valence-corrected chi connectivity index (χ0v) is 13.9. The number of thiazole rings is 1. The third-order valence-electron chi connectivity index (χ3n) is 3.57. The molecule has 0 aliphatic heterocycles. The van der Waals surface area contributed by atoms with E-state index in [0.29, 0.717) is 46.0 Å². The van der Waals surface area contributed by atoms with Crippen LogP contribution in [0.25, 0.3) is 10.6 Å². The van der Waals surface area contributed by atoms with Crippen molar-refractivity contribution in [2.24, 2.45) is 5.92 Å². The number of H-pyrrole nitrogens is 1. The van der Waals surface area contributed by atoms with E-state index in [-0.39, 0.29) is 5.56 Å². The molecule has 2 aromatic rings. The first-order valence-electron chi connectivity index (χ1n) is 7.59. The maximum absolute atomic E-state index is 12.2. The van der Waals surface area contributed by atoms with Crippen LogP contribution >= 0.6 is 11.3 Å². The van der Waals surface area contributed by atoms with Gasteiger partial charge in [0.05, 0.1) is 18.9 Å². The van der Waals surface area contributed by atoms with Gasteiger partial charge in [0.2, 0.25) is 0 Å². The van der Waals surface area contributed by atoms with Crippen molar-refractivity contribution in [2.75, 3.05) is 13.2 Å². The minimum Gasteiger partial charge on any atom is -0.492 e. The number of aryl methyl sites for hydroxylation is 1. The number of carbonyl (C=O) groups excluding carboxylic acids is 1. The number of esters is 1. The monoisotopic (exact) mass is 334 g/mol. The second kappa shape index (κ2) is 6.54. The van der Waals surface area contributed by atoms with Gasteiger partial charge in [-0.3, -0.25) is 4.79 Å². The van der Waals surface area contributed by atoms with Crippen molar-refractivity contribution in [3.05, 3.63) is 33.2 Å². The van der Waals surface area contributed by atoms with Crippen molar-refractivity contribution >= 4 is 17.3 Å². The lowest BCUT2D eigenvalue weighted by Gasteiger charge is -2.08. The molecule has 1 N–H and O–H groups in total. The summed E-state index contributed by atoms with van der Waals surface area (Å²) >= 11 is 1.15. The summed E-state index contributed by atoms with van der Waals surface area (Å²) in [7, 11) is 0. The summed E-state index contributed by atoms with van der Waals surface area (Å²) in [5.41, 5.74) is 0.652. The number of nitrogens with one attached hydrogen (secondary N) is 1. The van der Waals surface area contributed by atoms with Crippen LogP contribution in [0.3, 0.4) is 0 Å². The normalized spacial score (nSPS) is 13.8. The zero-order chi connectivity index (χ0) is 16.4. The van der Waals surface area contributed by atoms with E-state index in [0.717, 1.165) is 11.3 Å². The van der Waals surface area contributed by atoms with Crippen LogP contribution in [0, 0.1) is 12.8 Å². The Labute approximate surface area is 137 Å². The molecule has 1 aliphatic rings. The van der Waals surface area contributed by atoms with Gasteiger partial charge in [-0.15, -0.1) is 11.3 Å². The van der Waals surface area contributed by atoms with Gasteiger partial charge in [0.15, 0.2) is 0 Å². The van der Waals surface area contributed by atoms with Crippen LogP contribution in [-0.2, 0) is 4.74 Å². The maximum atomic E-state index is 12.2. The summed E-state index contributed by atoms with van der Waals surface area (Å²) in [5, 5.41) is 0.471. The highest BCUT2D eigenvalue weighted by atomic mass is 32.1. The molecular formula is C16H18N2O4S. The number of pyridine rings is 1. The van der Waals surface area contributed by atoms with Crippen molar-refractivity contribution < 1.29 is 14.3 Å². The van der Waals surface area contributed by atoms with Gasteiger partial charge in [0, 0.05) is 6.20 Å². The van der Waals surface area contributed by atoms with E-state index in [1.54, 1.807) is 26.1 Å². The summed E-state index contributed by atoms with van der Waals surface area (Å²) < 4.78 is 10.8. The third kappa shape index (κ3) is 3.44. The van der Waals surface area contributed by atoms with Crippen molar-refractivity contribution in [3.63, 3.8) is 0 Å². The van der Waals surface area contributed by atoms with Crippen LogP contribution in [0.15, 0.2) is 17.1 Å². The molecule has 0 aromatic carbocycles. The fourth-order valence-electron chi connectivity index (χ4n) is 2.16. The van der Waals surface area contributed by atoms with Crippen LogP contribution in [0.1, 0.15) is 35.1 Å². The number of rotatable bonds is 6. The third-order valence-corrected chi connectivity index (χ3v) is 4.72. The molecule has 1 fully saturated rings. The Balaban J connectivity index is 1.95. The van der Waals surface area contributed by atoms with Gasteiger partial charge in [0.25, 0.3) is 5.56 Å². The first kappa shape index (κ1) is 15.7. The summed E-state index contributed by atoms with van der Waals surface area (Å²) in [4.78, 5) is 31.6. The Kier molecular flexibility index (Phi) is 4.47. The molecule has 0 bridgehead atoms. The summed E-state index contributed by atoms with van der Waals surface area (Å²) in [6.07, 6.45) is 3.89. The summed E-state index contributed by atoms with van der Waals surface area (Å²) in [5.74, 6) is 0.668. The predicted molar refractivity (Wildman–Crippen MR) is 87.1 cm³/mol. The SMILES string of the molecule is CCOC(=O)c1sc(-c2c(OCC3CC3)cc[nH]c2=O)nc1C. The first-order chi connectivity index (χ1) is 11.1. The lowest BCUT2D eigenvalue weighted by atomic mass is 10.2. The van der Waals surface area contributed by atoms with E-state index >= 15 is 0 Å². The Bertz CT molecular complexity index is 777. The van der Waals surface area contributed by atoms with Gasteiger partial charge in [-0.25, -0.2) is 9.78 Å². The minimum absolute atomic E-state index is 0.276.